The Labute approximate surface area is 130 Å². The SMILES string of the molecule is OCc1ccc(-c2ccccc2OCc2ccccc2)cc1. The maximum atomic E-state index is 9.14. The van der Waals surface area contributed by atoms with Crippen LogP contribution in [0.5, 0.6) is 5.75 Å². The molecular formula is C20H18O2. The van der Waals surface area contributed by atoms with E-state index in [4.69, 9.17) is 9.84 Å². The molecule has 1 N–H and O–H groups in total. The molecule has 0 fully saturated rings. The zero-order valence-electron chi connectivity index (χ0n) is 12.3. The Morgan fingerprint density at radius 2 is 1.36 bits per heavy atom. The summed E-state index contributed by atoms with van der Waals surface area (Å²) in [5.41, 5.74) is 4.20. The van der Waals surface area contributed by atoms with Crippen LogP contribution in [-0.2, 0) is 13.2 Å². The van der Waals surface area contributed by atoms with Crippen molar-refractivity contribution in [2.24, 2.45) is 0 Å². The van der Waals surface area contributed by atoms with Gasteiger partial charge in [-0.05, 0) is 22.8 Å². The van der Waals surface area contributed by atoms with E-state index in [0.717, 1.165) is 28.0 Å². The van der Waals surface area contributed by atoms with Gasteiger partial charge in [-0.2, -0.15) is 0 Å². The first kappa shape index (κ1) is 14.4. The molecule has 3 aromatic rings. The number of hydrogen-bond donors (Lipinski definition) is 1. The van der Waals surface area contributed by atoms with Crippen LogP contribution in [0, 0.1) is 0 Å². The Morgan fingerprint density at radius 1 is 0.682 bits per heavy atom. The van der Waals surface area contributed by atoms with Crippen molar-refractivity contribution in [3.63, 3.8) is 0 Å². The minimum atomic E-state index is 0.0619. The van der Waals surface area contributed by atoms with Gasteiger partial charge in [-0.3, -0.25) is 0 Å². The molecule has 0 aliphatic carbocycles. The van der Waals surface area contributed by atoms with Crippen LogP contribution in [0.1, 0.15) is 11.1 Å². The molecule has 22 heavy (non-hydrogen) atoms. The van der Waals surface area contributed by atoms with Crippen LogP contribution in [0.15, 0.2) is 78.9 Å². The molecular weight excluding hydrogens is 272 g/mol. The molecule has 0 saturated carbocycles. The fraction of sp³-hybridized carbons (Fsp3) is 0.100. The van der Waals surface area contributed by atoms with Crippen molar-refractivity contribution < 1.29 is 9.84 Å². The van der Waals surface area contributed by atoms with Crippen molar-refractivity contribution in [3.8, 4) is 16.9 Å². The summed E-state index contributed by atoms with van der Waals surface area (Å²) < 4.78 is 5.98. The zero-order valence-corrected chi connectivity index (χ0v) is 12.3. The van der Waals surface area contributed by atoms with E-state index in [9.17, 15) is 0 Å². The van der Waals surface area contributed by atoms with Gasteiger partial charge < -0.3 is 9.84 Å². The molecule has 2 nitrogen and oxygen atoms in total. The van der Waals surface area contributed by atoms with E-state index < -0.39 is 0 Å². The number of benzene rings is 3. The van der Waals surface area contributed by atoms with Crippen molar-refractivity contribution in [1.29, 1.82) is 0 Å². The van der Waals surface area contributed by atoms with Crippen molar-refractivity contribution >= 4 is 0 Å². The van der Waals surface area contributed by atoms with Gasteiger partial charge in [0.05, 0.1) is 6.61 Å². The molecule has 0 amide bonds. The van der Waals surface area contributed by atoms with E-state index in [1.807, 2.05) is 66.7 Å². The molecule has 2 heteroatoms. The van der Waals surface area contributed by atoms with E-state index in [2.05, 4.69) is 12.1 Å². The van der Waals surface area contributed by atoms with Gasteiger partial charge in [-0.25, -0.2) is 0 Å². The molecule has 0 radical (unpaired) electrons. The number of aliphatic hydroxyl groups is 1. The molecule has 0 bridgehead atoms. The van der Waals surface area contributed by atoms with Crippen molar-refractivity contribution in [3.05, 3.63) is 90.0 Å². The van der Waals surface area contributed by atoms with E-state index in [1.165, 1.54) is 0 Å². The lowest BCUT2D eigenvalue weighted by atomic mass is 10.0. The quantitative estimate of drug-likeness (QED) is 0.753. The second-order valence-corrected chi connectivity index (χ2v) is 5.13. The van der Waals surface area contributed by atoms with Gasteiger partial charge >= 0.3 is 0 Å². The van der Waals surface area contributed by atoms with Gasteiger partial charge in [0.25, 0.3) is 0 Å². The standard InChI is InChI=1S/C20H18O2/c21-14-16-10-12-18(13-11-16)19-8-4-5-9-20(19)22-15-17-6-2-1-3-7-17/h1-13,21H,14-15H2. The maximum Gasteiger partial charge on any atom is 0.127 e. The first-order valence-electron chi connectivity index (χ1n) is 7.33. The molecule has 0 spiro atoms. The summed E-state index contributed by atoms with van der Waals surface area (Å²) in [7, 11) is 0. The fourth-order valence-electron chi connectivity index (χ4n) is 2.36. The molecule has 0 heterocycles. The molecule has 3 rings (SSSR count). The predicted molar refractivity (Wildman–Crippen MR) is 88.6 cm³/mol. The van der Waals surface area contributed by atoms with Gasteiger partial charge in [0.15, 0.2) is 0 Å². The summed E-state index contributed by atoms with van der Waals surface area (Å²) in [5.74, 6) is 0.864. The maximum absolute atomic E-state index is 9.14. The first-order chi connectivity index (χ1) is 10.9. The second-order valence-electron chi connectivity index (χ2n) is 5.13. The van der Waals surface area contributed by atoms with Gasteiger partial charge in [-0.1, -0.05) is 72.8 Å². The predicted octanol–water partition coefficient (Wildman–Crippen LogP) is 4.42. The van der Waals surface area contributed by atoms with Gasteiger partial charge in [0.1, 0.15) is 12.4 Å². The highest BCUT2D eigenvalue weighted by Crippen LogP contribution is 2.30. The molecule has 0 unspecified atom stereocenters. The van der Waals surface area contributed by atoms with Gasteiger partial charge in [0.2, 0.25) is 0 Å². The second kappa shape index (κ2) is 6.92. The van der Waals surface area contributed by atoms with Crippen molar-refractivity contribution in [2.75, 3.05) is 0 Å². The summed E-state index contributed by atoms with van der Waals surface area (Å²) >= 11 is 0. The fourth-order valence-corrected chi connectivity index (χ4v) is 2.36. The summed E-state index contributed by atoms with van der Waals surface area (Å²) in [6.07, 6.45) is 0. The highest BCUT2D eigenvalue weighted by atomic mass is 16.5. The highest BCUT2D eigenvalue weighted by molar-refractivity contribution is 5.70. The summed E-state index contributed by atoms with van der Waals surface area (Å²) in [5, 5.41) is 9.14. The Morgan fingerprint density at radius 3 is 2.09 bits per heavy atom. The third kappa shape index (κ3) is 3.35. The molecule has 0 atom stereocenters. The van der Waals surface area contributed by atoms with Crippen LogP contribution < -0.4 is 4.74 Å². The molecule has 0 saturated heterocycles. The number of hydrogen-bond acceptors (Lipinski definition) is 2. The third-order valence-corrected chi connectivity index (χ3v) is 3.57. The van der Waals surface area contributed by atoms with E-state index in [1.54, 1.807) is 0 Å². The lowest BCUT2D eigenvalue weighted by Crippen LogP contribution is -1.96. The molecule has 0 aliphatic heterocycles. The molecule has 0 aliphatic rings. The van der Waals surface area contributed by atoms with Gasteiger partial charge in [-0.15, -0.1) is 0 Å². The Bertz CT molecular complexity index is 718. The van der Waals surface area contributed by atoms with Crippen molar-refractivity contribution in [2.45, 2.75) is 13.2 Å². The van der Waals surface area contributed by atoms with E-state index in [0.29, 0.717) is 6.61 Å². The number of aliphatic hydroxyl groups excluding tert-OH is 1. The largest absolute Gasteiger partial charge is 0.488 e. The van der Waals surface area contributed by atoms with Crippen LogP contribution >= 0.6 is 0 Å². The lowest BCUT2D eigenvalue weighted by Gasteiger charge is -2.12. The normalized spacial score (nSPS) is 10.4. The lowest BCUT2D eigenvalue weighted by molar-refractivity contribution is 0.282. The molecule has 3 aromatic carbocycles. The average molecular weight is 290 g/mol. The monoisotopic (exact) mass is 290 g/mol. The van der Waals surface area contributed by atoms with Crippen LogP contribution in [0.4, 0.5) is 0 Å². The first-order valence-corrected chi connectivity index (χ1v) is 7.33. The summed E-state index contributed by atoms with van der Waals surface area (Å²) in [6, 6.07) is 26.0. The van der Waals surface area contributed by atoms with Gasteiger partial charge in [0, 0.05) is 5.56 Å². The zero-order chi connectivity index (χ0) is 15.2. The summed E-state index contributed by atoms with van der Waals surface area (Å²) in [4.78, 5) is 0. The highest BCUT2D eigenvalue weighted by Gasteiger charge is 2.06. The smallest absolute Gasteiger partial charge is 0.127 e. The average Bonchev–Trinajstić information content (AvgIpc) is 2.61. The van der Waals surface area contributed by atoms with E-state index in [-0.39, 0.29) is 6.61 Å². The Hall–Kier alpha value is -2.58. The summed E-state index contributed by atoms with van der Waals surface area (Å²) in [6.45, 7) is 0.610. The number of rotatable bonds is 5. The van der Waals surface area contributed by atoms with Crippen LogP contribution in [0.25, 0.3) is 11.1 Å². The number of ether oxygens (including phenoxy) is 1. The minimum Gasteiger partial charge on any atom is -0.488 e. The molecule has 0 aromatic heterocycles. The van der Waals surface area contributed by atoms with Crippen molar-refractivity contribution in [1.82, 2.24) is 0 Å². The third-order valence-electron chi connectivity index (χ3n) is 3.57. The number of para-hydroxylation sites is 1. The molecule has 110 valence electrons. The van der Waals surface area contributed by atoms with Crippen LogP contribution in [-0.4, -0.2) is 5.11 Å². The van der Waals surface area contributed by atoms with Crippen LogP contribution in [0.2, 0.25) is 0 Å². The van der Waals surface area contributed by atoms with Crippen LogP contribution in [0.3, 0.4) is 0 Å². The Kier molecular flexibility index (Phi) is 4.52. The minimum absolute atomic E-state index is 0.0619. The topological polar surface area (TPSA) is 29.5 Å². The van der Waals surface area contributed by atoms with E-state index >= 15 is 0 Å². The Balaban J connectivity index is 1.83.